The summed E-state index contributed by atoms with van der Waals surface area (Å²) < 4.78 is 5.08. The molecule has 0 spiro atoms. The minimum atomic E-state index is -0.937. The Kier molecular flexibility index (Phi) is 6.74. The van der Waals surface area contributed by atoms with E-state index in [1.54, 1.807) is 0 Å². The topological polar surface area (TPSA) is 75.8 Å². The van der Waals surface area contributed by atoms with Gasteiger partial charge in [-0.25, -0.2) is 4.79 Å². The molecular weight excluding hydrogens is 244 g/mol. The smallest absolute Gasteiger partial charge is 0.329 e. The van der Waals surface area contributed by atoms with Gasteiger partial charge < -0.3 is 20.5 Å². The lowest BCUT2D eigenvalue weighted by molar-refractivity contribution is -0.142. The molecule has 0 bridgehead atoms. The van der Waals surface area contributed by atoms with Crippen molar-refractivity contribution in [3.8, 4) is 0 Å². The van der Waals surface area contributed by atoms with Crippen LogP contribution < -0.4 is 10.6 Å². The molecule has 0 aliphatic rings. The Morgan fingerprint density at radius 2 is 2.00 bits per heavy atom. The van der Waals surface area contributed by atoms with Crippen molar-refractivity contribution >= 4 is 17.3 Å². The summed E-state index contributed by atoms with van der Waals surface area (Å²) >= 11 is 0. The number of aliphatic carboxylic acids is 1. The minimum Gasteiger partial charge on any atom is -0.480 e. The molecule has 1 rings (SSSR count). The summed E-state index contributed by atoms with van der Waals surface area (Å²) in [5.41, 5.74) is 7.50. The van der Waals surface area contributed by atoms with Crippen LogP contribution in [-0.2, 0) is 9.53 Å². The van der Waals surface area contributed by atoms with Crippen molar-refractivity contribution in [3.63, 3.8) is 0 Å². The summed E-state index contributed by atoms with van der Waals surface area (Å²) in [6.07, 6.45) is 2.20. The Balaban J connectivity index is 2.51. The number of hydrogen-bond acceptors (Lipinski definition) is 4. The summed E-state index contributed by atoms with van der Waals surface area (Å²) in [4.78, 5) is 12.6. The van der Waals surface area contributed by atoms with E-state index in [0.717, 1.165) is 30.8 Å². The van der Waals surface area contributed by atoms with Gasteiger partial charge >= 0.3 is 5.97 Å². The van der Waals surface area contributed by atoms with E-state index in [0.29, 0.717) is 13.2 Å². The lowest BCUT2D eigenvalue weighted by atomic mass is 10.2. The van der Waals surface area contributed by atoms with Gasteiger partial charge in [-0.1, -0.05) is 13.3 Å². The molecule has 0 fully saturated rings. The predicted octanol–water partition coefficient (Wildman–Crippen LogP) is 1.98. The molecule has 5 heteroatoms. The second-order valence-electron chi connectivity index (χ2n) is 4.38. The number of rotatable bonds is 9. The van der Waals surface area contributed by atoms with E-state index >= 15 is 0 Å². The average molecular weight is 266 g/mol. The van der Waals surface area contributed by atoms with Crippen LogP contribution >= 0.6 is 0 Å². The number of benzene rings is 1. The van der Waals surface area contributed by atoms with Gasteiger partial charge in [0.15, 0.2) is 0 Å². The van der Waals surface area contributed by atoms with Crippen molar-refractivity contribution in [2.24, 2.45) is 0 Å². The maximum Gasteiger partial charge on any atom is 0.329 e. The van der Waals surface area contributed by atoms with Crippen molar-refractivity contribution in [2.45, 2.75) is 19.8 Å². The first-order chi connectivity index (χ1) is 9.13. The SMILES string of the molecule is CCCCN(CCOCC(=O)O)c1ccc(N)cc1. The molecule has 3 N–H and O–H groups in total. The molecule has 0 heterocycles. The summed E-state index contributed by atoms with van der Waals surface area (Å²) in [6.45, 7) is 3.90. The largest absolute Gasteiger partial charge is 0.480 e. The number of anilines is 2. The van der Waals surface area contributed by atoms with Gasteiger partial charge in [0.05, 0.1) is 6.61 Å². The van der Waals surface area contributed by atoms with Gasteiger partial charge in [-0.15, -0.1) is 0 Å². The average Bonchev–Trinajstić information content (AvgIpc) is 2.39. The number of nitrogens with zero attached hydrogens (tertiary/aromatic N) is 1. The molecule has 19 heavy (non-hydrogen) atoms. The highest BCUT2D eigenvalue weighted by atomic mass is 16.5. The first-order valence-corrected chi connectivity index (χ1v) is 6.53. The Hall–Kier alpha value is -1.75. The number of ether oxygens (including phenoxy) is 1. The van der Waals surface area contributed by atoms with Crippen molar-refractivity contribution < 1.29 is 14.6 Å². The Morgan fingerprint density at radius 3 is 2.58 bits per heavy atom. The zero-order chi connectivity index (χ0) is 14.1. The van der Waals surface area contributed by atoms with E-state index in [4.69, 9.17) is 15.6 Å². The molecular formula is C14H22N2O3. The summed E-state index contributed by atoms with van der Waals surface area (Å²) in [5, 5.41) is 8.52. The van der Waals surface area contributed by atoms with Gasteiger partial charge in [0.1, 0.15) is 6.61 Å². The fourth-order valence-corrected chi connectivity index (χ4v) is 1.74. The fraction of sp³-hybridized carbons (Fsp3) is 0.500. The molecule has 0 saturated carbocycles. The summed E-state index contributed by atoms with van der Waals surface area (Å²) in [7, 11) is 0. The van der Waals surface area contributed by atoms with Gasteiger partial charge in [-0.3, -0.25) is 0 Å². The number of nitrogen functional groups attached to an aromatic ring is 1. The van der Waals surface area contributed by atoms with E-state index in [1.165, 1.54) is 0 Å². The summed E-state index contributed by atoms with van der Waals surface area (Å²) in [6, 6.07) is 7.68. The zero-order valence-electron chi connectivity index (χ0n) is 11.3. The molecule has 0 atom stereocenters. The Labute approximate surface area is 114 Å². The normalized spacial score (nSPS) is 10.4. The fourth-order valence-electron chi connectivity index (χ4n) is 1.74. The van der Waals surface area contributed by atoms with Gasteiger partial charge in [0.25, 0.3) is 0 Å². The van der Waals surface area contributed by atoms with Crippen LogP contribution in [0.3, 0.4) is 0 Å². The third-order valence-electron chi connectivity index (χ3n) is 2.77. The van der Waals surface area contributed by atoms with E-state index in [9.17, 15) is 4.79 Å². The highest BCUT2D eigenvalue weighted by Gasteiger charge is 2.06. The number of carboxylic acids is 1. The molecule has 1 aromatic rings. The lowest BCUT2D eigenvalue weighted by Crippen LogP contribution is -2.29. The van der Waals surface area contributed by atoms with Crippen LogP contribution in [0.15, 0.2) is 24.3 Å². The van der Waals surface area contributed by atoms with Crippen LogP contribution in [0.5, 0.6) is 0 Å². The van der Waals surface area contributed by atoms with Crippen LogP contribution in [0, 0.1) is 0 Å². The first-order valence-electron chi connectivity index (χ1n) is 6.53. The predicted molar refractivity (Wildman–Crippen MR) is 76.4 cm³/mol. The van der Waals surface area contributed by atoms with Crippen LogP contribution in [0.25, 0.3) is 0 Å². The second-order valence-corrected chi connectivity index (χ2v) is 4.38. The van der Waals surface area contributed by atoms with E-state index < -0.39 is 5.97 Å². The Bertz CT molecular complexity index is 379. The molecule has 0 saturated heterocycles. The molecule has 0 radical (unpaired) electrons. The van der Waals surface area contributed by atoms with Crippen molar-refractivity contribution in [2.75, 3.05) is 36.9 Å². The van der Waals surface area contributed by atoms with E-state index in [2.05, 4.69) is 11.8 Å². The number of nitrogens with two attached hydrogens (primary N) is 1. The Morgan fingerprint density at radius 1 is 1.32 bits per heavy atom. The van der Waals surface area contributed by atoms with Crippen molar-refractivity contribution in [3.05, 3.63) is 24.3 Å². The molecule has 0 unspecified atom stereocenters. The molecule has 0 aromatic heterocycles. The highest BCUT2D eigenvalue weighted by molar-refractivity contribution is 5.68. The van der Waals surface area contributed by atoms with Crippen molar-refractivity contribution in [1.29, 1.82) is 0 Å². The third kappa shape index (κ3) is 6.10. The number of unbranched alkanes of at least 4 members (excludes halogenated alkanes) is 1. The number of carbonyl (C=O) groups is 1. The molecule has 1 aromatic carbocycles. The summed E-state index contributed by atoms with van der Waals surface area (Å²) in [5.74, 6) is -0.937. The molecule has 5 nitrogen and oxygen atoms in total. The molecule has 106 valence electrons. The molecule has 0 amide bonds. The molecule has 0 aliphatic carbocycles. The van der Waals surface area contributed by atoms with Gasteiger partial charge in [-0.05, 0) is 30.7 Å². The molecule has 0 aliphatic heterocycles. The maximum atomic E-state index is 10.4. The van der Waals surface area contributed by atoms with Crippen LogP contribution in [0.4, 0.5) is 11.4 Å². The minimum absolute atomic E-state index is 0.247. The van der Waals surface area contributed by atoms with Gasteiger partial charge in [-0.2, -0.15) is 0 Å². The zero-order valence-corrected chi connectivity index (χ0v) is 11.3. The lowest BCUT2D eigenvalue weighted by Gasteiger charge is -2.24. The third-order valence-corrected chi connectivity index (χ3v) is 2.77. The van der Waals surface area contributed by atoms with Crippen LogP contribution in [0.1, 0.15) is 19.8 Å². The van der Waals surface area contributed by atoms with Crippen LogP contribution in [-0.4, -0.2) is 37.4 Å². The quantitative estimate of drug-likeness (QED) is 0.528. The first kappa shape index (κ1) is 15.3. The van der Waals surface area contributed by atoms with Gasteiger partial charge in [0, 0.05) is 24.5 Å². The van der Waals surface area contributed by atoms with Crippen LogP contribution in [0.2, 0.25) is 0 Å². The highest BCUT2D eigenvalue weighted by Crippen LogP contribution is 2.16. The van der Waals surface area contributed by atoms with E-state index in [1.807, 2.05) is 24.3 Å². The van der Waals surface area contributed by atoms with E-state index in [-0.39, 0.29) is 6.61 Å². The standard InChI is InChI=1S/C14H22N2O3/c1-2-3-8-16(9-10-19-11-14(17)18)13-6-4-12(15)5-7-13/h4-7H,2-3,8-11,15H2,1H3,(H,17,18). The number of hydrogen-bond donors (Lipinski definition) is 2. The number of carboxylic acid groups (broad SMARTS) is 1. The monoisotopic (exact) mass is 266 g/mol. The second kappa shape index (κ2) is 8.37. The van der Waals surface area contributed by atoms with Crippen molar-refractivity contribution in [1.82, 2.24) is 0 Å². The van der Waals surface area contributed by atoms with Gasteiger partial charge in [0.2, 0.25) is 0 Å². The maximum absolute atomic E-state index is 10.4.